The van der Waals surface area contributed by atoms with Crippen molar-refractivity contribution in [2.45, 2.75) is 18.9 Å². The van der Waals surface area contributed by atoms with E-state index in [1.807, 2.05) is 21.9 Å². The number of halogens is 1. The summed E-state index contributed by atoms with van der Waals surface area (Å²) >= 11 is 0. The molecule has 3 rings (SSSR count). The number of carbonyl (C=O) groups is 2. The molecule has 2 aliphatic heterocycles. The Hall–Kier alpha value is -1.83. The molecule has 7 nitrogen and oxygen atoms in total. The number of likely N-dealkylation sites (tertiary alicyclic amines) is 1. The number of benzene rings is 1. The van der Waals surface area contributed by atoms with E-state index in [9.17, 15) is 9.59 Å². The number of amides is 2. The SMILES string of the molecule is COCCOc1ccc(C(=O)N2CCCC(N3CCNCC3=O)C2)cc1.Cl. The molecule has 1 N–H and O–H groups in total. The Balaban J connectivity index is 0.00000261. The molecule has 0 spiro atoms. The number of hydrogen-bond donors (Lipinski definition) is 1. The van der Waals surface area contributed by atoms with E-state index in [0.717, 1.165) is 38.2 Å². The highest BCUT2D eigenvalue weighted by Crippen LogP contribution is 2.20. The van der Waals surface area contributed by atoms with Crippen molar-refractivity contribution < 1.29 is 19.1 Å². The zero-order chi connectivity index (χ0) is 18.4. The number of ether oxygens (including phenoxy) is 2. The molecule has 0 aliphatic carbocycles. The Labute approximate surface area is 166 Å². The zero-order valence-electron chi connectivity index (χ0n) is 15.7. The van der Waals surface area contributed by atoms with Crippen molar-refractivity contribution in [3.05, 3.63) is 29.8 Å². The number of hydrogen-bond acceptors (Lipinski definition) is 5. The van der Waals surface area contributed by atoms with Gasteiger partial charge in [-0.15, -0.1) is 12.4 Å². The van der Waals surface area contributed by atoms with Gasteiger partial charge < -0.3 is 24.6 Å². The monoisotopic (exact) mass is 397 g/mol. The number of nitrogens with one attached hydrogen (secondary N) is 1. The molecule has 2 heterocycles. The smallest absolute Gasteiger partial charge is 0.253 e. The zero-order valence-corrected chi connectivity index (χ0v) is 16.5. The third-order valence-corrected chi connectivity index (χ3v) is 4.91. The first kappa shape index (κ1) is 21.5. The Bertz CT molecular complexity index is 626. The van der Waals surface area contributed by atoms with Crippen molar-refractivity contribution in [2.75, 3.05) is 53.0 Å². The number of rotatable bonds is 6. The molecule has 2 fully saturated rings. The summed E-state index contributed by atoms with van der Waals surface area (Å²) in [7, 11) is 1.63. The minimum Gasteiger partial charge on any atom is -0.491 e. The predicted molar refractivity (Wildman–Crippen MR) is 105 cm³/mol. The molecule has 150 valence electrons. The van der Waals surface area contributed by atoms with Gasteiger partial charge in [0.05, 0.1) is 13.2 Å². The van der Waals surface area contributed by atoms with Gasteiger partial charge in [0, 0.05) is 44.9 Å². The van der Waals surface area contributed by atoms with E-state index in [1.54, 1.807) is 19.2 Å². The highest BCUT2D eigenvalue weighted by molar-refractivity contribution is 5.94. The van der Waals surface area contributed by atoms with Crippen LogP contribution in [0, 0.1) is 0 Å². The van der Waals surface area contributed by atoms with E-state index in [4.69, 9.17) is 9.47 Å². The lowest BCUT2D eigenvalue weighted by Gasteiger charge is -2.41. The van der Waals surface area contributed by atoms with Crippen LogP contribution in [0.3, 0.4) is 0 Å². The maximum absolute atomic E-state index is 12.8. The molecule has 0 bridgehead atoms. The van der Waals surface area contributed by atoms with Crippen LogP contribution in [0.1, 0.15) is 23.2 Å². The van der Waals surface area contributed by atoms with Gasteiger partial charge in [0.2, 0.25) is 5.91 Å². The highest BCUT2D eigenvalue weighted by Gasteiger charge is 2.31. The van der Waals surface area contributed by atoms with Crippen molar-refractivity contribution in [1.29, 1.82) is 0 Å². The summed E-state index contributed by atoms with van der Waals surface area (Å²) in [6, 6.07) is 7.33. The first-order valence-electron chi connectivity index (χ1n) is 9.20. The Morgan fingerprint density at radius 3 is 2.70 bits per heavy atom. The predicted octanol–water partition coefficient (Wildman–Crippen LogP) is 1.17. The minimum atomic E-state index is 0. The van der Waals surface area contributed by atoms with Gasteiger partial charge in [-0.25, -0.2) is 0 Å². The largest absolute Gasteiger partial charge is 0.491 e. The summed E-state index contributed by atoms with van der Waals surface area (Å²) in [5.74, 6) is 0.871. The Morgan fingerprint density at radius 2 is 2.00 bits per heavy atom. The van der Waals surface area contributed by atoms with Crippen LogP contribution in [0.2, 0.25) is 0 Å². The molecule has 27 heavy (non-hydrogen) atoms. The summed E-state index contributed by atoms with van der Waals surface area (Å²) in [6.07, 6.45) is 1.88. The average molecular weight is 398 g/mol. The van der Waals surface area contributed by atoms with Crippen LogP contribution in [-0.4, -0.2) is 80.7 Å². The molecule has 1 aromatic rings. The summed E-state index contributed by atoms with van der Waals surface area (Å²) in [5, 5.41) is 3.10. The van der Waals surface area contributed by atoms with Crippen LogP contribution in [0.25, 0.3) is 0 Å². The molecular formula is C19H28ClN3O4. The van der Waals surface area contributed by atoms with Crippen LogP contribution >= 0.6 is 12.4 Å². The summed E-state index contributed by atoms with van der Waals surface area (Å²) in [5.41, 5.74) is 0.649. The number of methoxy groups -OCH3 is 1. The van der Waals surface area contributed by atoms with E-state index in [2.05, 4.69) is 5.32 Å². The van der Waals surface area contributed by atoms with Gasteiger partial charge in [-0.3, -0.25) is 9.59 Å². The fourth-order valence-electron chi connectivity index (χ4n) is 3.52. The van der Waals surface area contributed by atoms with Crippen LogP contribution in [-0.2, 0) is 9.53 Å². The van der Waals surface area contributed by atoms with Gasteiger partial charge in [-0.2, -0.15) is 0 Å². The fourth-order valence-corrected chi connectivity index (χ4v) is 3.52. The normalized spacial score (nSPS) is 20.2. The first-order chi connectivity index (χ1) is 12.7. The van der Waals surface area contributed by atoms with Crippen molar-refractivity contribution in [1.82, 2.24) is 15.1 Å². The Kier molecular flexibility index (Phi) is 8.34. The van der Waals surface area contributed by atoms with E-state index in [-0.39, 0.29) is 30.3 Å². The Morgan fingerprint density at radius 1 is 1.22 bits per heavy atom. The summed E-state index contributed by atoms with van der Waals surface area (Å²) < 4.78 is 10.5. The second-order valence-corrected chi connectivity index (χ2v) is 6.68. The molecule has 0 saturated carbocycles. The van der Waals surface area contributed by atoms with Gasteiger partial charge in [0.1, 0.15) is 12.4 Å². The topological polar surface area (TPSA) is 71.1 Å². The van der Waals surface area contributed by atoms with Gasteiger partial charge in [0.15, 0.2) is 0 Å². The number of piperidine rings is 1. The quantitative estimate of drug-likeness (QED) is 0.729. The van der Waals surface area contributed by atoms with E-state index < -0.39 is 0 Å². The summed E-state index contributed by atoms with van der Waals surface area (Å²) in [4.78, 5) is 28.8. The van der Waals surface area contributed by atoms with Crippen LogP contribution in [0.5, 0.6) is 5.75 Å². The lowest BCUT2D eigenvalue weighted by atomic mass is 10.0. The molecule has 1 aromatic carbocycles. The molecule has 8 heteroatoms. The standard InChI is InChI=1S/C19H27N3O4.ClH/c1-25-11-12-26-17-6-4-15(5-7-17)19(24)21-9-2-3-16(14-21)22-10-8-20-13-18(22)23;/h4-7,16,20H,2-3,8-14H2,1H3;1H. The third kappa shape index (κ3) is 5.57. The van der Waals surface area contributed by atoms with Crippen LogP contribution in [0.4, 0.5) is 0 Å². The maximum atomic E-state index is 12.8. The highest BCUT2D eigenvalue weighted by atomic mass is 35.5. The van der Waals surface area contributed by atoms with Crippen LogP contribution < -0.4 is 10.1 Å². The molecule has 2 amide bonds. The number of piperazine rings is 1. The van der Waals surface area contributed by atoms with Crippen molar-refractivity contribution in [3.8, 4) is 5.75 Å². The molecule has 0 radical (unpaired) electrons. The van der Waals surface area contributed by atoms with Gasteiger partial charge in [0.25, 0.3) is 5.91 Å². The molecular weight excluding hydrogens is 370 g/mol. The molecule has 1 atom stereocenters. The van der Waals surface area contributed by atoms with Crippen molar-refractivity contribution in [2.24, 2.45) is 0 Å². The first-order valence-corrected chi connectivity index (χ1v) is 9.20. The van der Waals surface area contributed by atoms with Gasteiger partial charge in [-0.1, -0.05) is 0 Å². The van der Waals surface area contributed by atoms with Gasteiger partial charge >= 0.3 is 0 Å². The van der Waals surface area contributed by atoms with E-state index >= 15 is 0 Å². The van der Waals surface area contributed by atoms with Crippen LogP contribution in [0.15, 0.2) is 24.3 Å². The maximum Gasteiger partial charge on any atom is 0.253 e. The second kappa shape index (κ2) is 10.5. The minimum absolute atomic E-state index is 0. The molecule has 2 saturated heterocycles. The van der Waals surface area contributed by atoms with E-state index in [0.29, 0.717) is 31.9 Å². The summed E-state index contributed by atoms with van der Waals surface area (Å²) in [6.45, 7) is 4.30. The lowest BCUT2D eigenvalue weighted by molar-refractivity contribution is -0.135. The van der Waals surface area contributed by atoms with E-state index in [1.165, 1.54) is 0 Å². The lowest BCUT2D eigenvalue weighted by Crippen LogP contribution is -2.57. The fraction of sp³-hybridized carbons (Fsp3) is 0.579. The van der Waals surface area contributed by atoms with Gasteiger partial charge in [-0.05, 0) is 37.1 Å². The van der Waals surface area contributed by atoms with Crippen molar-refractivity contribution >= 4 is 24.2 Å². The molecule has 2 aliphatic rings. The number of nitrogens with zero attached hydrogens (tertiary/aromatic N) is 2. The number of carbonyl (C=O) groups excluding carboxylic acids is 2. The second-order valence-electron chi connectivity index (χ2n) is 6.68. The average Bonchev–Trinajstić information content (AvgIpc) is 2.69. The van der Waals surface area contributed by atoms with Crippen molar-refractivity contribution in [3.63, 3.8) is 0 Å². The molecule has 1 unspecified atom stereocenters. The molecule has 0 aromatic heterocycles. The third-order valence-electron chi connectivity index (χ3n) is 4.91.